The molecular formula is C50H34. The van der Waals surface area contributed by atoms with Crippen molar-refractivity contribution in [1.82, 2.24) is 0 Å². The van der Waals surface area contributed by atoms with Crippen LogP contribution in [0.1, 0.15) is 0 Å². The third kappa shape index (κ3) is 5.68. The van der Waals surface area contributed by atoms with Crippen LogP contribution in [0, 0.1) is 0 Å². The molecule has 0 saturated heterocycles. The fraction of sp³-hybridized carbons (Fsp3) is 0. The molecule has 50 heavy (non-hydrogen) atoms. The van der Waals surface area contributed by atoms with Crippen molar-refractivity contribution in [2.75, 3.05) is 0 Å². The van der Waals surface area contributed by atoms with Gasteiger partial charge in [0.15, 0.2) is 0 Å². The molecular weight excluding hydrogens is 601 g/mol. The number of hydrogen-bond acceptors (Lipinski definition) is 0. The number of benzene rings is 9. The molecule has 0 saturated carbocycles. The van der Waals surface area contributed by atoms with Gasteiger partial charge in [0, 0.05) is 0 Å². The van der Waals surface area contributed by atoms with Crippen molar-refractivity contribution < 1.29 is 0 Å². The summed E-state index contributed by atoms with van der Waals surface area (Å²) in [6, 6.07) is 75.2. The fourth-order valence-corrected chi connectivity index (χ4v) is 7.31. The van der Waals surface area contributed by atoms with Crippen LogP contribution in [-0.4, -0.2) is 0 Å². The van der Waals surface area contributed by atoms with Gasteiger partial charge >= 0.3 is 0 Å². The predicted octanol–water partition coefficient (Wildman–Crippen LogP) is 14.0. The molecule has 0 nitrogen and oxygen atoms in total. The zero-order valence-corrected chi connectivity index (χ0v) is 27.6. The zero-order chi connectivity index (χ0) is 33.3. The molecule has 0 aliphatic carbocycles. The maximum absolute atomic E-state index is 2.39. The monoisotopic (exact) mass is 634 g/mol. The van der Waals surface area contributed by atoms with Gasteiger partial charge in [-0.15, -0.1) is 0 Å². The molecule has 0 heteroatoms. The van der Waals surface area contributed by atoms with Gasteiger partial charge in [0.25, 0.3) is 0 Å². The molecule has 0 atom stereocenters. The molecule has 0 N–H and O–H groups in total. The third-order valence-corrected chi connectivity index (χ3v) is 9.78. The van der Waals surface area contributed by atoms with Gasteiger partial charge in [-0.05, 0) is 137 Å². The number of hydrogen-bond donors (Lipinski definition) is 0. The van der Waals surface area contributed by atoms with E-state index in [1.165, 1.54) is 88.3 Å². The summed E-state index contributed by atoms with van der Waals surface area (Å²) in [5, 5.41) is 4.97. The molecule has 0 aliphatic rings. The lowest BCUT2D eigenvalue weighted by Gasteiger charge is -2.19. The van der Waals surface area contributed by atoms with E-state index in [0.29, 0.717) is 0 Å². The summed E-state index contributed by atoms with van der Waals surface area (Å²) in [7, 11) is 0. The minimum absolute atomic E-state index is 1.20. The van der Waals surface area contributed by atoms with Crippen molar-refractivity contribution in [3.63, 3.8) is 0 Å². The largest absolute Gasteiger partial charge is 0.0622 e. The normalized spacial score (nSPS) is 11.2. The van der Waals surface area contributed by atoms with Crippen LogP contribution in [0.2, 0.25) is 0 Å². The summed E-state index contributed by atoms with van der Waals surface area (Å²) >= 11 is 0. The first kappa shape index (κ1) is 29.6. The van der Waals surface area contributed by atoms with Crippen LogP contribution in [-0.2, 0) is 0 Å². The standard InChI is InChI=1S/C50H34/c1-5-15-35(16-6-1)42-28-43(36-17-7-2-8-18-36)31-46(30-42)48-26-25-41-27-39-23-13-14-24-40(39)34-49(41)50(48)47-32-44(37-19-9-3-10-20-37)29-45(33-47)38-21-11-4-12-22-38/h1-34H. The topological polar surface area (TPSA) is 0 Å². The van der Waals surface area contributed by atoms with E-state index in [9.17, 15) is 0 Å². The van der Waals surface area contributed by atoms with Gasteiger partial charge in [-0.2, -0.15) is 0 Å². The van der Waals surface area contributed by atoms with Crippen molar-refractivity contribution >= 4 is 21.5 Å². The zero-order valence-electron chi connectivity index (χ0n) is 27.6. The van der Waals surface area contributed by atoms with Gasteiger partial charge in [-0.1, -0.05) is 158 Å². The molecule has 0 bridgehead atoms. The number of fused-ring (bicyclic) bond motifs is 2. The summed E-state index contributed by atoms with van der Waals surface area (Å²) in [5.41, 5.74) is 14.5. The molecule has 9 rings (SSSR count). The lowest BCUT2D eigenvalue weighted by Crippen LogP contribution is -1.93. The second-order valence-electron chi connectivity index (χ2n) is 13.0. The van der Waals surface area contributed by atoms with Crippen LogP contribution in [0.4, 0.5) is 0 Å². The van der Waals surface area contributed by atoms with Crippen LogP contribution in [0.5, 0.6) is 0 Å². The highest BCUT2D eigenvalue weighted by atomic mass is 14.2. The molecule has 0 radical (unpaired) electrons. The van der Waals surface area contributed by atoms with Gasteiger partial charge in [0.1, 0.15) is 0 Å². The van der Waals surface area contributed by atoms with E-state index >= 15 is 0 Å². The van der Waals surface area contributed by atoms with E-state index in [0.717, 1.165) is 0 Å². The Morgan fingerprint density at radius 1 is 0.200 bits per heavy atom. The van der Waals surface area contributed by atoms with Gasteiger partial charge in [0.2, 0.25) is 0 Å². The first-order valence-electron chi connectivity index (χ1n) is 17.2. The fourth-order valence-electron chi connectivity index (χ4n) is 7.31. The molecule has 9 aromatic rings. The molecule has 0 aromatic heterocycles. The Morgan fingerprint density at radius 3 is 1.00 bits per heavy atom. The molecule has 0 spiro atoms. The highest BCUT2D eigenvalue weighted by Crippen LogP contribution is 2.44. The first-order valence-corrected chi connectivity index (χ1v) is 17.2. The van der Waals surface area contributed by atoms with Crippen LogP contribution in [0.3, 0.4) is 0 Å². The van der Waals surface area contributed by atoms with Crippen molar-refractivity contribution in [2.45, 2.75) is 0 Å². The van der Waals surface area contributed by atoms with Crippen LogP contribution >= 0.6 is 0 Å². The average Bonchev–Trinajstić information content (AvgIpc) is 3.20. The molecule has 0 aliphatic heterocycles. The minimum Gasteiger partial charge on any atom is -0.0622 e. The Bertz CT molecular complexity index is 2490. The van der Waals surface area contributed by atoms with Crippen molar-refractivity contribution in [3.05, 3.63) is 206 Å². The summed E-state index contributed by atoms with van der Waals surface area (Å²) in [5.74, 6) is 0. The lowest BCUT2D eigenvalue weighted by atomic mass is 9.84. The van der Waals surface area contributed by atoms with Gasteiger partial charge in [0.05, 0.1) is 0 Å². The van der Waals surface area contributed by atoms with E-state index < -0.39 is 0 Å². The van der Waals surface area contributed by atoms with E-state index in [4.69, 9.17) is 0 Å². The Labute approximate surface area is 293 Å². The van der Waals surface area contributed by atoms with Crippen LogP contribution in [0.15, 0.2) is 206 Å². The Balaban J connectivity index is 1.38. The van der Waals surface area contributed by atoms with E-state index in [-0.39, 0.29) is 0 Å². The number of rotatable bonds is 6. The Morgan fingerprint density at radius 2 is 0.560 bits per heavy atom. The highest BCUT2D eigenvalue weighted by Gasteiger charge is 2.17. The lowest BCUT2D eigenvalue weighted by molar-refractivity contribution is 1.55. The second kappa shape index (κ2) is 12.8. The van der Waals surface area contributed by atoms with Crippen molar-refractivity contribution in [3.8, 4) is 66.8 Å². The quantitative estimate of drug-likeness (QED) is 0.160. The third-order valence-electron chi connectivity index (χ3n) is 9.78. The first-order chi connectivity index (χ1) is 24.8. The smallest absolute Gasteiger partial charge is 0.00262 e. The SMILES string of the molecule is c1ccc(-c2cc(-c3ccccc3)cc(-c3ccc4cc5ccccc5cc4c3-c3cc(-c4ccccc4)cc(-c4ccccc4)c3)c2)cc1. The van der Waals surface area contributed by atoms with Gasteiger partial charge in [-0.3, -0.25) is 0 Å². The van der Waals surface area contributed by atoms with Crippen molar-refractivity contribution in [1.29, 1.82) is 0 Å². The molecule has 0 heterocycles. The second-order valence-corrected chi connectivity index (χ2v) is 13.0. The molecule has 234 valence electrons. The maximum Gasteiger partial charge on any atom is -0.00262 e. The maximum atomic E-state index is 2.39. The van der Waals surface area contributed by atoms with Crippen molar-refractivity contribution in [2.24, 2.45) is 0 Å². The van der Waals surface area contributed by atoms with Gasteiger partial charge in [-0.25, -0.2) is 0 Å². The molecule has 0 amide bonds. The summed E-state index contributed by atoms with van der Waals surface area (Å²) in [6.45, 7) is 0. The predicted molar refractivity (Wildman–Crippen MR) is 214 cm³/mol. The van der Waals surface area contributed by atoms with Crippen LogP contribution in [0.25, 0.3) is 88.3 Å². The minimum atomic E-state index is 1.20. The highest BCUT2D eigenvalue weighted by molar-refractivity contribution is 6.10. The van der Waals surface area contributed by atoms with Gasteiger partial charge < -0.3 is 0 Å². The molecule has 0 fully saturated rings. The Kier molecular flexibility index (Phi) is 7.61. The van der Waals surface area contributed by atoms with E-state index in [1.54, 1.807) is 0 Å². The summed E-state index contributed by atoms with van der Waals surface area (Å²) in [4.78, 5) is 0. The molecule has 0 unspecified atom stereocenters. The van der Waals surface area contributed by atoms with E-state index in [2.05, 4.69) is 206 Å². The molecule has 9 aromatic carbocycles. The Hall–Kier alpha value is -6.50. The van der Waals surface area contributed by atoms with E-state index in [1.807, 2.05) is 0 Å². The summed E-state index contributed by atoms with van der Waals surface area (Å²) in [6.07, 6.45) is 0. The summed E-state index contributed by atoms with van der Waals surface area (Å²) < 4.78 is 0. The van der Waals surface area contributed by atoms with Crippen LogP contribution < -0.4 is 0 Å². The average molecular weight is 635 g/mol.